The van der Waals surface area contributed by atoms with Gasteiger partial charge in [0.1, 0.15) is 17.7 Å². The molecule has 1 saturated heterocycles. The van der Waals surface area contributed by atoms with Crippen molar-refractivity contribution in [2.75, 3.05) is 18.8 Å². The number of rotatable bonds is 9. The number of piperidine rings is 1. The zero-order chi connectivity index (χ0) is 23.3. The van der Waals surface area contributed by atoms with Gasteiger partial charge in [0.25, 0.3) is 0 Å². The SMILES string of the molecule is CC(C)C[C@@H](CS(=O)(=O)N1CCC(Oc2ccc(F)cc2-c2ccsc2)CC1)C(=O)NO. The van der Waals surface area contributed by atoms with Gasteiger partial charge in [-0.2, -0.15) is 11.3 Å². The zero-order valence-corrected chi connectivity index (χ0v) is 19.8. The van der Waals surface area contributed by atoms with E-state index in [2.05, 4.69) is 0 Å². The van der Waals surface area contributed by atoms with Crippen LogP contribution in [-0.2, 0) is 14.8 Å². The van der Waals surface area contributed by atoms with E-state index in [0.29, 0.717) is 30.6 Å². The van der Waals surface area contributed by atoms with Crippen LogP contribution < -0.4 is 10.2 Å². The number of sulfonamides is 1. The number of carbonyl (C=O) groups is 1. The molecule has 0 bridgehead atoms. The summed E-state index contributed by atoms with van der Waals surface area (Å²) in [6.07, 6.45) is 1.14. The van der Waals surface area contributed by atoms with E-state index >= 15 is 0 Å². The van der Waals surface area contributed by atoms with E-state index in [1.165, 1.54) is 27.8 Å². The monoisotopic (exact) mass is 484 g/mol. The Morgan fingerprint density at radius 2 is 2.03 bits per heavy atom. The molecule has 1 amide bonds. The summed E-state index contributed by atoms with van der Waals surface area (Å²) in [6, 6.07) is 6.30. The highest BCUT2D eigenvalue weighted by atomic mass is 32.2. The number of carbonyl (C=O) groups excluding carboxylic acids is 1. The van der Waals surface area contributed by atoms with Gasteiger partial charge in [-0.25, -0.2) is 22.6 Å². The predicted molar refractivity (Wildman–Crippen MR) is 122 cm³/mol. The standard InChI is InChI=1S/C22H29FN2O5S2/c1-15(2)11-17(22(26)24-27)14-32(28,29)25-8-5-19(6-9-25)30-21-4-3-18(23)12-20(21)16-7-10-31-13-16/h3-4,7,10,12-13,15,17,19,27H,5-6,8-9,11,14H2,1-2H3,(H,24,26)/t17-/m0/s1. The Morgan fingerprint density at radius 1 is 1.31 bits per heavy atom. The van der Waals surface area contributed by atoms with Gasteiger partial charge in [-0.15, -0.1) is 0 Å². The summed E-state index contributed by atoms with van der Waals surface area (Å²) >= 11 is 1.51. The normalized spacial score (nSPS) is 16.8. The summed E-state index contributed by atoms with van der Waals surface area (Å²) in [4.78, 5) is 11.9. The number of thiophene rings is 1. The molecular weight excluding hydrogens is 455 g/mol. The van der Waals surface area contributed by atoms with Crippen LogP contribution in [0, 0.1) is 17.7 Å². The lowest BCUT2D eigenvalue weighted by atomic mass is 9.98. The molecule has 1 aliphatic heterocycles. The molecule has 1 aromatic carbocycles. The van der Waals surface area contributed by atoms with Gasteiger partial charge in [0.2, 0.25) is 15.9 Å². The van der Waals surface area contributed by atoms with Crippen molar-refractivity contribution >= 4 is 27.3 Å². The number of hydrogen-bond donors (Lipinski definition) is 2. The molecule has 0 spiro atoms. The van der Waals surface area contributed by atoms with Crippen molar-refractivity contribution in [1.82, 2.24) is 9.79 Å². The number of nitrogens with one attached hydrogen (secondary N) is 1. The number of amides is 1. The largest absolute Gasteiger partial charge is 0.490 e. The van der Waals surface area contributed by atoms with Crippen LogP contribution in [0.5, 0.6) is 5.75 Å². The Labute approximate surface area is 192 Å². The van der Waals surface area contributed by atoms with E-state index in [1.54, 1.807) is 11.5 Å². The molecule has 7 nitrogen and oxygen atoms in total. The fourth-order valence-corrected chi connectivity index (χ4v) is 6.36. The summed E-state index contributed by atoms with van der Waals surface area (Å²) in [6.45, 7) is 4.34. The van der Waals surface area contributed by atoms with Crippen molar-refractivity contribution in [2.45, 2.75) is 39.2 Å². The number of halogens is 1. The Kier molecular flexibility index (Phi) is 8.26. The van der Waals surface area contributed by atoms with E-state index in [-0.39, 0.29) is 36.7 Å². The van der Waals surface area contributed by atoms with Crippen LogP contribution in [0.4, 0.5) is 4.39 Å². The maximum Gasteiger partial charge on any atom is 0.247 e. The van der Waals surface area contributed by atoms with Crippen molar-refractivity contribution in [2.24, 2.45) is 11.8 Å². The molecule has 1 aliphatic rings. The summed E-state index contributed by atoms with van der Waals surface area (Å²) in [5.41, 5.74) is 3.13. The third kappa shape index (κ3) is 6.28. The molecular formula is C22H29FN2O5S2. The van der Waals surface area contributed by atoms with Gasteiger partial charge in [0, 0.05) is 18.7 Å². The van der Waals surface area contributed by atoms with Gasteiger partial charge in [0.05, 0.1) is 11.7 Å². The molecule has 0 unspecified atom stereocenters. The van der Waals surface area contributed by atoms with Gasteiger partial charge in [-0.1, -0.05) is 13.8 Å². The van der Waals surface area contributed by atoms with Crippen molar-refractivity contribution in [1.29, 1.82) is 0 Å². The van der Waals surface area contributed by atoms with Gasteiger partial charge in [0.15, 0.2) is 0 Å². The first kappa shape index (κ1) is 24.6. The zero-order valence-electron chi connectivity index (χ0n) is 18.2. The third-order valence-electron chi connectivity index (χ3n) is 5.51. The fourth-order valence-electron chi connectivity index (χ4n) is 3.93. The Hall–Kier alpha value is -2.01. The van der Waals surface area contributed by atoms with E-state index in [0.717, 1.165) is 5.56 Å². The minimum absolute atomic E-state index is 0.111. The molecule has 32 heavy (non-hydrogen) atoms. The van der Waals surface area contributed by atoms with Gasteiger partial charge in [-0.3, -0.25) is 10.0 Å². The van der Waals surface area contributed by atoms with Crippen LogP contribution in [0.15, 0.2) is 35.0 Å². The summed E-state index contributed by atoms with van der Waals surface area (Å²) in [5.74, 6) is -1.50. The van der Waals surface area contributed by atoms with Crippen LogP contribution in [0.3, 0.4) is 0 Å². The number of benzene rings is 1. The molecule has 0 saturated carbocycles. The first-order valence-electron chi connectivity index (χ1n) is 10.6. The van der Waals surface area contributed by atoms with Gasteiger partial charge < -0.3 is 4.74 Å². The van der Waals surface area contributed by atoms with E-state index in [9.17, 15) is 17.6 Å². The second-order valence-corrected chi connectivity index (χ2v) is 11.2. The minimum atomic E-state index is -3.67. The lowest BCUT2D eigenvalue weighted by Gasteiger charge is -2.32. The van der Waals surface area contributed by atoms with Crippen LogP contribution in [0.1, 0.15) is 33.1 Å². The Bertz CT molecular complexity index is 1000. The molecule has 176 valence electrons. The molecule has 0 aliphatic carbocycles. The molecule has 1 aromatic heterocycles. The molecule has 2 heterocycles. The Balaban J connectivity index is 1.63. The molecule has 1 fully saturated rings. The first-order chi connectivity index (χ1) is 15.2. The van der Waals surface area contributed by atoms with Crippen LogP contribution in [0.2, 0.25) is 0 Å². The summed E-state index contributed by atoms with van der Waals surface area (Å²) < 4.78 is 47.1. The average molecular weight is 485 g/mol. The van der Waals surface area contributed by atoms with E-state index in [4.69, 9.17) is 9.94 Å². The van der Waals surface area contributed by atoms with Gasteiger partial charge >= 0.3 is 0 Å². The molecule has 1 atom stereocenters. The predicted octanol–water partition coefficient (Wildman–Crippen LogP) is 3.89. The number of nitrogens with zero attached hydrogens (tertiary/aromatic N) is 1. The van der Waals surface area contributed by atoms with Crippen molar-refractivity contribution in [3.05, 3.63) is 40.8 Å². The second-order valence-electron chi connectivity index (χ2n) is 8.45. The van der Waals surface area contributed by atoms with E-state index < -0.39 is 21.8 Å². The van der Waals surface area contributed by atoms with Crippen LogP contribution >= 0.6 is 11.3 Å². The highest BCUT2D eigenvalue weighted by Gasteiger charge is 2.33. The first-order valence-corrected chi connectivity index (χ1v) is 13.2. The summed E-state index contributed by atoms with van der Waals surface area (Å²) in [7, 11) is -3.67. The lowest BCUT2D eigenvalue weighted by molar-refractivity contribution is -0.133. The smallest absolute Gasteiger partial charge is 0.247 e. The molecule has 3 rings (SSSR count). The highest BCUT2D eigenvalue weighted by molar-refractivity contribution is 7.89. The number of ether oxygens (including phenoxy) is 1. The maximum atomic E-state index is 13.8. The van der Waals surface area contributed by atoms with E-state index in [1.807, 2.05) is 30.7 Å². The maximum absolute atomic E-state index is 13.8. The van der Waals surface area contributed by atoms with Crippen LogP contribution in [0.25, 0.3) is 11.1 Å². The molecule has 2 N–H and O–H groups in total. The Morgan fingerprint density at radius 3 is 2.62 bits per heavy atom. The molecule has 0 radical (unpaired) electrons. The third-order valence-corrected chi connectivity index (χ3v) is 8.17. The highest BCUT2D eigenvalue weighted by Crippen LogP contribution is 2.34. The van der Waals surface area contributed by atoms with Crippen molar-refractivity contribution in [3.8, 4) is 16.9 Å². The quantitative estimate of drug-likeness (QED) is 0.416. The number of hydrogen-bond acceptors (Lipinski definition) is 6. The van der Waals surface area contributed by atoms with Crippen LogP contribution in [-0.4, -0.2) is 48.8 Å². The topological polar surface area (TPSA) is 95.9 Å². The molecule has 10 heteroatoms. The minimum Gasteiger partial charge on any atom is -0.490 e. The van der Waals surface area contributed by atoms with Crippen molar-refractivity contribution < 1.29 is 27.5 Å². The average Bonchev–Trinajstić information content (AvgIpc) is 3.28. The molecule has 2 aromatic rings. The van der Waals surface area contributed by atoms with Gasteiger partial charge in [-0.05, 0) is 65.8 Å². The van der Waals surface area contributed by atoms with Crippen molar-refractivity contribution in [3.63, 3.8) is 0 Å². The fraction of sp³-hybridized carbons (Fsp3) is 0.500. The second kappa shape index (κ2) is 10.7. The summed E-state index contributed by atoms with van der Waals surface area (Å²) in [5, 5.41) is 12.8. The lowest BCUT2D eigenvalue weighted by Crippen LogP contribution is -2.45. The number of hydroxylamine groups is 1.